The van der Waals surface area contributed by atoms with Gasteiger partial charge in [-0.25, -0.2) is 0 Å². The topological polar surface area (TPSA) is 69.9 Å². The molecule has 0 spiro atoms. The number of furan rings is 1. The summed E-state index contributed by atoms with van der Waals surface area (Å²) in [5.41, 5.74) is 8.64. The summed E-state index contributed by atoms with van der Waals surface area (Å²) < 4.78 is 6.88. The van der Waals surface area contributed by atoms with E-state index < -0.39 is 0 Å². The Morgan fingerprint density at radius 3 is 2.83 bits per heavy atom. The molecule has 0 aliphatic heterocycles. The SMILES string of the molecule is Cc1cccc(-n2nnc(-c3ccco3)c2N)c1. The number of aromatic nitrogens is 3. The van der Waals surface area contributed by atoms with E-state index in [2.05, 4.69) is 10.3 Å². The van der Waals surface area contributed by atoms with Crippen molar-refractivity contribution < 1.29 is 4.42 Å². The number of nitrogens with zero attached hydrogens (tertiary/aromatic N) is 3. The molecule has 90 valence electrons. The fourth-order valence-electron chi connectivity index (χ4n) is 1.83. The Hall–Kier alpha value is -2.56. The van der Waals surface area contributed by atoms with Crippen molar-refractivity contribution in [3.63, 3.8) is 0 Å². The van der Waals surface area contributed by atoms with Gasteiger partial charge < -0.3 is 10.2 Å². The number of nitrogen functional groups attached to an aromatic ring is 1. The first kappa shape index (κ1) is 10.6. The molecule has 2 aromatic heterocycles. The minimum Gasteiger partial charge on any atom is -0.463 e. The van der Waals surface area contributed by atoms with E-state index in [1.54, 1.807) is 23.1 Å². The van der Waals surface area contributed by atoms with E-state index in [0.717, 1.165) is 11.3 Å². The van der Waals surface area contributed by atoms with Crippen LogP contribution in [0.15, 0.2) is 47.1 Å². The van der Waals surface area contributed by atoms with E-state index in [4.69, 9.17) is 10.2 Å². The fourth-order valence-corrected chi connectivity index (χ4v) is 1.83. The maximum Gasteiger partial charge on any atom is 0.172 e. The lowest BCUT2D eigenvalue weighted by Crippen LogP contribution is -2.02. The second-order valence-corrected chi connectivity index (χ2v) is 4.05. The zero-order valence-electron chi connectivity index (χ0n) is 9.87. The van der Waals surface area contributed by atoms with Crippen LogP contribution >= 0.6 is 0 Å². The van der Waals surface area contributed by atoms with Crippen molar-refractivity contribution >= 4 is 5.82 Å². The van der Waals surface area contributed by atoms with Gasteiger partial charge in [0, 0.05) is 0 Å². The third-order valence-corrected chi connectivity index (χ3v) is 2.71. The van der Waals surface area contributed by atoms with Crippen LogP contribution < -0.4 is 5.73 Å². The summed E-state index contributed by atoms with van der Waals surface area (Å²) >= 11 is 0. The van der Waals surface area contributed by atoms with Gasteiger partial charge in [-0.3, -0.25) is 0 Å². The summed E-state index contributed by atoms with van der Waals surface area (Å²) in [6, 6.07) is 11.5. The molecule has 5 nitrogen and oxygen atoms in total. The molecule has 1 aromatic carbocycles. The molecule has 0 unspecified atom stereocenters. The van der Waals surface area contributed by atoms with Gasteiger partial charge in [0.15, 0.2) is 17.3 Å². The number of rotatable bonds is 2. The molecule has 0 fully saturated rings. The highest BCUT2D eigenvalue weighted by Gasteiger charge is 2.14. The smallest absolute Gasteiger partial charge is 0.172 e. The molecule has 0 saturated heterocycles. The minimum atomic E-state index is 0.468. The lowest BCUT2D eigenvalue weighted by Gasteiger charge is -2.03. The molecule has 0 amide bonds. The first-order valence-electron chi connectivity index (χ1n) is 5.58. The third kappa shape index (κ3) is 1.66. The molecule has 2 N–H and O–H groups in total. The summed E-state index contributed by atoms with van der Waals surface area (Å²) in [4.78, 5) is 0. The van der Waals surface area contributed by atoms with Gasteiger partial charge in [0.25, 0.3) is 0 Å². The third-order valence-electron chi connectivity index (χ3n) is 2.71. The van der Waals surface area contributed by atoms with Crippen molar-refractivity contribution in [2.75, 3.05) is 5.73 Å². The predicted molar refractivity (Wildman–Crippen MR) is 68.2 cm³/mol. The van der Waals surface area contributed by atoms with Crippen LogP contribution in [0, 0.1) is 6.92 Å². The number of nitrogens with two attached hydrogens (primary N) is 1. The highest BCUT2D eigenvalue weighted by molar-refractivity contribution is 5.66. The Morgan fingerprint density at radius 2 is 2.11 bits per heavy atom. The monoisotopic (exact) mass is 240 g/mol. The number of benzene rings is 1. The Kier molecular flexibility index (Phi) is 2.37. The van der Waals surface area contributed by atoms with Gasteiger partial charge in [-0.2, -0.15) is 4.68 Å². The highest BCUT2D eigenvalue weighted by Crippen LogP contribution is 2.25. The Morgan fingerprint density at radius 1 is 1.22 bits per heavy atom. The van der Waals surface area contributed by atoms with E-state index in [-0.39, 0.29) is 0 Å². The molecular formula is C13H12N4O. The molecule has 0 aliphatic rings. The van der Waals surface area contributed by atoms with Crippen molar-refractivity contribution in [2.45, 2.75) is 6.92 Å². The Labute approximate surface area is 104 Å². The normalized spacial score (nSPS) is 10.7. The van der Waals surface area contributed by atoms with E-state index in [9.17, 15) is 0 Å². The van der Waals surface area contributed by atoms with Crippen molar-refractivity contribution in [3.05, 3.63) is 48.2 Å². The van der Waals surface area contributed by atoms with Gasteiger partial charge >= 0.3 is 0 Å². The largest absolute Gasteiger partial charge is 0.463 e. The summed E-state index contributed by atoms with van der Waals surface area (Å²) in [5, 5.41) is 8.12. The van der Waals surface area contributed by atoms with Gasteiger partial charge in [0.1, 0.15) is 0 Å². The minimum absolute atomic E-state index is 0.468. The van der Waals surface area contributed by atoms with Gasteiger partial charge in [0.05, 0.1) is 12.0 Å². The van der Waals surface area contributed by atoms with Crippen LogP contribution in [0.1, 0.15) is 5.56 Å². The van der Waals surface area contributed by atoms with Gasteiger partial charge in [0.2, 0.25) is 0 Å². The Bertz CT molecular complexity index is 670. The molecule has 3 aromatic rings. The average molecular weight is 240 g/mol. The Balaban J connectivity index is 2.10. The van der Waals surface area contributed by atoms with Crippen molar-refractivity contribution in [1.29, 1.82) is 0 Å². The van der Waals surface area contributed by atoms with Crippen LogP contribution in [0.5, 0.6) is 0 Å². The first-order valence-corrected chi connectivity index (χ1v) is 5.58. The van der Waals surface area contributed by atoms with E-state index in [1.165, 1.54) is 0 Å². The van der Waals surface area contributed by atoms with Crippen LogP contribution in [-0.2, 0) is 0 Å². The number of hydrogen-bond donors (Lipinski definition) is 1. The predicted octanol–water partition coefficient (Wildman–Crippen LogP) is 2.42. The maximum absolute atomic E-state index is 6.05. The van der Waals surface area contributed by atoms with Crippen molar-refractivity contribution in [2.24, 2.45) is 0 Å². The molecule has 0 bridgehead atoms. The average Bonchev–Trinajstić information content (AvgIpc) is 2.97. The number of anilines is 1. The van der Waals surface area contributed by atoms with Crippen LogP contribution in [0.3, 0.4) is 0 Å². The second kappa shape index (κ2) is 4.03. The van der Waals surface area contributed by atoms with Crippen LogP contribution in [0.2, 0.25) is 0 Å². The van der Waals surface area contributed by atoms with Gasteiger partial charge in [-0.1, -0.05) is 17.3 Å². The highest BCUT2D eigenvalue weighted by atomic mass is 16.3. The van der Waals surface area contributed by atoms with Crippen molar-refractivity contribution in [3.8, 4) is 17.1 Å². The fraction of sp³-hybridized carbons (Fsp3) is 0.0769. The summed E-state index contributed by atoms with van der Waals surface area (Å²) in [7, 11) is 0. The summed E-state index contributed by atoms with van der Waals surface area (Å²) in [5.74, 6) is 1.09. The maximum atomic E-state index is 6.05. The number of aryl methyl sites for hydroxylation is 1. The quantitative estimate of drug-likeness (QED) is 0.746. The second-order valence-electron chi connectivity index (χ2n) is 4.05. The number of hydrogen-bond acceptors (Lipinski definition) is 4. The molecular weight excluding hydrogens is 228 g/mol. The molecule has 0 aliphatic carbocycles. The molecule has 3 rings (SSSR count). The standard InChI is InChI=1S/C13H12N4O/c1-9-4-2-5-10(8-9)17-13(14)12(15-16-17)11-6-3-7-18-11/h2-8H,14H2,1H3. The van der Waals surface area contributed by atoms with Crippen LogP contribution in [-0.4, -0.2) is 15.0 Å². The van der Waals surface area contributed by atoms with E-state index in [0.29, 0.717) is 17.3 Å². The van der Waals surface area contributed by atoms with Crippen LogP contribution in [0.25, 0.3) is 17.1 Å². The van der Waals surface area contributed by atoms with Gasteiger partial charge in [-0.15, -0.1) is 5.10 Å². The zero-order valence-corrected chi connectivity index (χ0v) is 9.87. The van der Waals surface area contributed by atoms with E-state index in [1.807, 2.05) is 31.2 Å². The van der Waals surface area contributed by atoms with Crippen molar-refractivity contribution in [1.82, 2.24) is 15.0 Å². The zero-order chi connectivity index (χ0) is 12.5. The van der Waals surface area contributed by atoms with E-state index >= 15 is 0 Å². The first-order chi connectivity index (χ1) is 8.75. The lowest BCUT2D eigenvalue weighted by molar-refractivity contribution is 0.580. The lowest BCUT2D eigenvalue weighted by atomic mass is 10.2. The molecule has 0 saturated carbocycles. The van der Waals surface area contributed by atoms with Crippen LogP contribution in [0.4, 0.5) is 5.82 Å². The van der Waals surface area contributed by atoms with Gasteiger partial charge in [-0.05, 0) is 36.8 Å². The molecule has 2 heterocycles. The summed E-state index contributed by atoms with van der Waals surface area (Å²) in [6.07, 6.45) is 1.58. The molecule has 18 heavy (non-hydrogen) atoms. The molecule has 0 radical (unpaired) electrons. The molecule has 0 atom stereocenters. The summed E-state index contributed by atoms with van der Waals surface area (Å²) in [6.45, 7) is 2.02. The molecule has 5 heteroatoms.